The number of hydrogen-bond acceptors (Lipinski definition) is 5. The Morgan fingerprint density at radius 3 is 2.74 bits per heavy atom. The summed E-state index contributed by atoms with van der Waals surface area (Å²) in [5.41, 5.74) is 0. The number of carboxylic acids is 1. The van der Waals surface area contributed by atoms with Crippen LogP contribution in [0.15, 0.2) is 16.3 Å². The summed E-state index contributed by atoms with van der Waals surface area (Å²) in [5.74, 6) is -1.13. The fourth-order valence-corrected chi connectivity index (χ4v) is 3.54. The molecule has 0 unspecified atom stereocenters. The molecule has 0 radical (unpaired) electrons. The van der Waals surface area contributed by atoms with Crippen LogP contribution >= 0.6 is 11.3 Å². The van der Waals surface area contributed by atoms with E-state index >= 15 is 0 Å². The number of aromatic carboxylic acids is 1. The molecule has 1 aromatic heterocycles. The summed E-state index contributed by atoms with van der Waals surface area (Å²) in [7, 11) is -3.62. The number of thiophene rings is 1. The molecule has 0 aliphatic rings. The predicted octanol–water partition coefficient (Wildman–Crippen LogP) is 1.54. The van der Waals surface area contributed by atoms with Gasteiger partial charge in [-0.1, -0.05) is 6.92 Å². The van der Waals surface area contributed by atoms with E-state index in [-0.39, 0.29) is 15.6 Å². The van der Waals surface area contributed by atoms with Crippen LogP contribution in [0.1, 0.15) is 29.4 Å². The van der Waals surface area contributed by atoms with Gasteiger partial charge in [-0.05, 0) is 25.0 Å². The second-order valence-corrected chi connectivity index (χ2v) is 6.87. The quantitative estimate of drug-likeness (QED) is 0.675. The van der Waals surface area contributed by atoms with Crippen LogP contribution in [0.5, 0.6) is 0 Å². The predicted molar refractivity (Wildman–Crippen MR) is 72.2 cm³/mol. The largest absolute Gasteiger partial charge is 0.477 e. The van der Waals surface area contributed by atoms with Gasteiger partial charge in [-0.25, -0.2) is 17.9 Å². The number of carbonyl (C=O) groups is 1. The van der Waals surface area contributed by atoms with Gasteiger partial charge in [-0.15, -0.1) is 11.3 Å². The van der Waals surface area contributed by atoms with Gasteiger partial charge in [0.05, 0.1) is 0 Å². The summed E-state index contributed by atoms with van der Waals surface area (Å²) in [6, 6.07) is 2.58. The average molecular weight is 307 g/mol. The number of nitrogens with one attached hydrogen (secondary N) is 1. The highest BCUT2D eigenvalue weighted by Crippen LogP contribution is 2.21. The summed E-state index contributed by atoms with van der Waals surface area (Å²) in [6.07, 6.45) is 1.51. The topological polar surface area (TPSA) is 92.7 Å². The van der Waals surface area contributed by atoms with Gasteiger partial charge in [0.25, 0.3) is 0 Å². The molecule has 0 spiro atoms. The highest BCUT2D eigenvalue weighted by atomic mass is 32.2. The van der Waals surface area contributed by atoms with E-state index in [1.54, 1.807) is 0 Å². The van der Waals surface area contributed by atoms with Gasteiger partial charge in [0.2, 0.25) is 10.0 Å². The van der Waals surface area contributed by atoms with E-state index in [9.17, 15) is 13.2 Å². The van der Waals surface area contributed by atoms with Crippen LogP contribution < -0.4 is 4.72 Å². The lowest BCUT2D eigenvalue weighted by atomic mass is 10.4. The molecule has 0 fully saturated rings. The second kappa shape index (κ2) is 7.59. The molecule has 2 N–H and O–H groups in total. The SMILES string of the molecule is CCCOCCCNS(=O)(=O)c1ccc(C(=O)O)s1. The molecular weight excluding hydrogens is 290 g/mol. The first-order valence-corrected chi connectivity index (χ1v) is 8.18. The highest BCUT2D eigenvalue weighted by molar-refractivity contribution is 7.91. The maximum absolute atomic E-state index is 11.8. The molecule has 0 saturated heterocycles. The Morgan fingerprint density at radius 1 is 1.42 bits per heavy atom. The van der Waals surface area contributed by atoms with Gasteiger partial charge in [-0.2, -0.15) is 0 Å². The lowest BCUT2D eigenvalue weighted by molar-refractivity contribution is 0.0702. The molecule has 6 nitrogen and oxygen atoms in total. The zero-order chi connectivity index (χ0) is 14.3. The van der Waals surface area contributed by atoms with E-state index in [0.29, 0.717) is 19.6 Å². The van der Waals surface area contributed by atoms with Crippen LogP contribution in [0.4, 0.5) is 0 Å². The number of hydrogen-bond donors (Lipinski definition) is 2. The van der Waals surface area contributed by atoms with Crippen molar-refractivity contribution in [1.29, 1.82) is 0 Å². The van der Waals surface area contributed by atoms with Crippen LogP contribution in [-0.4, -0.2) is 39.3 Å². The molecule has 108 valence electrons. The van der Waals surface area contributed by atoms with E-state index in [0.717, 1.165) is 17.8 Å². The Balaban J connectivity index is 2.44. The van der Waals surface area contributed by atoms with Gasteiger partial charge in [0, 0.05) is 19.8 Å². The molecule has 0 bridgehead atoms. The zero-order valence-electron chi connectivity index (χ0n) is 10.6. The summed E-state index contributed by atoms with van der Waals surface area (Å²) < 4.78 is 31.3. The smallest absolute Gasteiger partial charge is 0.345 e. The van der Waals surface area contributed by atoms with Gasteiger partial charge in [0.1, 0.15) is 9.09 Å². The molecule has 0 aliphatic heterocycles. The maximum Gasteiger partial charge on any atom is 0.345 e. The molecule has 1 rings (SSSR count). The third-order valence-corrected chi connectivity index (χ3v) is 5.19. The molecule has 0 amide bonds. The first-order chi connectivity index (χ1) is 8.97. The molecule has 0 atom stereocenters. The number of carboxylic acid groups (broad SMARTS) is 1. The van der Waals surface area contributed by atoms with Crippen LogP contribution in [0, 0.1) is 0 Å². The van der Waals surface area contributed by atoms with Crippen molar-refractivity contribution in [2.75, 3.05) is 19.8 Å². The first kappa shape index (κ1) is 16.1. The Labute approximate surface area is 116 Å². The van der Waals surface area contributed by atoms with Gasteiger partial charge in [-0.3, -0.25) is 0 Å². The van der Waals surface area contributed by atoms with Crippen molar-refractivity contribution in [2.24, 2.45) is 0 Å². The van der Waals surface area contributed by atoms with Crippen molar-refractivity contribution in [1.82, 2.24) is 4.72 Å². The highest BCUT2D eigenvalue weighted by Gasteiger charge is 2.18. The molecule has 0 aliphatic carbocycles. The Bertz CT molecular complexity index is 509. The van der Waals surface area contributed by atoms with Crippen LogP contribution in [0.3, 0.4) is 0 Å². The Kier molecular flexibility index (Phi) is 6.43. The van der Waals surface area contributed by atoms with Crippen molar-refractivity contribution in [3.63, 3.8) is 0 Å². The van der Waals surface area contributed by atoms with E-state index in [1.807, 2.05) is 6.92 Å². The minimum atomic E-state index is -3.62. The molecule has 0 saturated carbocycles. The van der Waals surface area contributed by atoms with Crippen molar-refractivity contribution in [3.8, 4) is 0 Å². The normalized spacial score (nSPS) is 11.6. The van der Waals surface area contributed by atoms with E-state index in [2.05, 4.69) is 4.72 Å². The number of ether oxygens (including phenoxy) is 1. The molecule has 0 aromatic carbocycles. The number of sulfonamides is 1. The Morgan fingerprint density at radius 2 is 2.16 bits per heavy atom. The summed E-state index contributed by atoms with van der Waals surface area (Å²) in [5, 5.41) is 8.74. The van der Waals surface area contributed by atoms with Gasteiger partial charge < -0.3 is 9.84 Å². The summed E-state index contributed by atoms with van der Waals surface area (Å²) in [6.45, 7) is 3.44. The third kappa shape index (κ3) is 5.27. The minimum Gasteiger partial charge on any atom is -0.477 e. The zero-order valence-corrected chi connectivity index (χ0v) is 12.2. The van der Waals surface area contributed by atoms with Crippen LogP contribution in [0.25, 0.3) is 0 Å². The van der Waals surface area contributed by atoms with Crippen molar-refractivity contribution < 1.29 is 23.1 Å². The summed E-state index contributed by atoms with van der Waals surface area (Å²) >= 11 is 0.739. The lowest BCUT2D eigenvalue weighted by Crippen LogP contribution is -2.24. The first-order valence-electron chi connectivity index (χ1n) is 5.88. The lowest BCUT2D eigenvalue weighted by Gasteiger charge is -2.05. The molecule has 1 aromatic rings. The molecule has 19 heavy (non-hydrogen) atoms. The third-order valence-electron chi connectivity index (χ3n) is 2.16. The minimum absolute atomic E-state index is 0.00616. The van der Waals surface area contributed by atoms with E-state index in [1.165, 1.54) is 12.1 Å². The van der Waals surface area contributed by atoms with Gasteiger partial charge in [0.15, 0.2) is 0 Å². The molecular formula is C11H17NO5S2. The van der Waals surface area contributed by atoms with Crippen molar-refractivity contribution in [3.05, 3.63) is 17.0 Å². The monoisotopic (exact) mass is 307 g/mol. The fourth-order valence-electron chi connectivity index (χ4n) is 1.28. The molecule has 1 heterocycles. The van der Waals surface area contributed by atoms with Crippen molar-refractivity contribution >= 4 is 27.3 Å². The fraction of sp³-hybridized carbons (Fsp3) is 0.545. The number of rotatable bonds is 9. The van der Waals surface area contributed by atoms with E-state index in [4.69, 9.17) is 9.84 Å². The van der Waals surface area contributed by atoms with Crippen LogP contribution in [0.2, 0.25) is 0 Å². The Hall–Kier alpha value is -0.960. The standard InChI is InChI=1S/C11H17NO5S2/c1-2-7-17-8-3-6-12-19(15,16)10-5-4-9(18-10)11(13)14/h4-5,12H,2-3,6-8H2,1H3,(H,13,14). The van der Waals surface area contributed by atoms with E-state index < -0.39 is 16.0 Å². The maximum atomic E-state index is 11.8. The van der Waals surface area contributed by atoms with Crippen LogP contribution in [-0.2, 0) is 14.8 Å². The summed E-state index contributed by atoms with van der Waals surface area (Å²) in [4.78, 5) is 10.7. The van der Waals surface area contributed by atoms with Gasteiger partial charge >= 0.3 is 5.97 Å². The molecule has 8 heteroatoms. The second-order valence-electron chi connectivity index (χ2n) is 3.79. The average Bonchev–Trinajstić information content (AvgIpc) is 2.84. The van der Waals surface area contributed by atoms with Crippen molar-refractivity contribution in [2.45, 2.75) is 24.0 Å².